The third-order valence-electron chi connectivity index (χ3n) is 2.43. The smallest absolute Gasteiger partial charge is 0.371 e. The summed E-state index contributed by atoms with van der Waals surface area (Å²) in [6, 6.07) is 11.3. The fourth-order valence-electron chi connectivity index (χ4n) is 1.38. The Morgan fingerprint density at radius 1 is 1.35 bits per heavy atom. The molecule has 0 saturated carbocycles. The molecule has 104 valence electrons. The first-order valence-corrected chi connectivity index (χ1v) is 7.16. The number of ether oxygens (including phenoxy) is 1. The van der Waals surface area contributed by atoms with Crippen molar-refractivity contribution in [1.29, 1.82) is 0 Å². The van der Waals surface area contributed by atoms with Gasteiger partial charge in [0, 0.05) is 4.88 Å². The maximum Gasteiger partial charge on any atom is 0.371 e. The molecule has 0 aliphatic rings. The van der Waals surface area contributed by atoms with Crippen LogP contribution in [-0.4, -0.2) is 11.1 Å². The van der Waals surface area contributed by atoms with Crippen LogP contribution in [0.25, 0.3) is 0 Å². The quantitative estimate of drug-likeness (QED) is 0.520. The summed E-state index contributed by atoms with van der Waals surface area (Å²) >= 11 is 7.28. The minimum Gasteiger partial charge on any atom is -0.455 e. The molecule has 0 radical (unpaired) electrons. The van der Waals surface area contributed by atoms with E-state index < -0.39 is 5.97 Å². The summed E-state index contributed by atoms with van der Waals surface area (Å²) in [5, 5.41) is 5.47. The number of halogens is 1. The van der Waals surface area contributed by atoms with Gasteiger partial charge in [0.1, 0.15) is 6.61 Å². The van der Waals surface area contributed by atoms with Gasteiger partial charge in [0.2, 0.25) is 5.17 Å². The molecule has 1 N–H and O–H groups in total. The molecule has 1 aromatic heterocycles. The number of thiophene rings is 1. The normalized spacial score (nSPS) is 11.2. The van der Waals surface area contributed by atoms with Crippen molar-refractivity contribution in [2.24, 2.45) is 5.10 Å². The molecule has 20 heavy (non-hydrogen) atoms. The zero-order chi connectivity index (χ0) is 14.4. The highest BCUT2D eigenvalue weighted by Crippen LogP contribution is 2.11. The fraction of sp³-hybridized carbons (Fsp3) is 0.143. The van der Waals surface area contributed by atoms with E-state index in [0.717, 1.165) is 16.1 Å². The molecular formula is C14H13ClN2O2S. The number of benzene rings is 1. The number of esters is 1. The standard InChI is InChI=1S/C14H13ClN2O2S/c1-10-4-6-11(7-5-10)16-17-13(15)14(18)19-9-12-3-2-8-20-12/h2-8,16H,9H2,1H3/b17-13-. The highest BCUT2D eigenvalue weighted by atomic mass is 35.5. The first-order valence-electron chi connectivity index (χ1n) is 5.90. The van der Waals surface area contributed by atoms with Gasteiger partial charge in [0.15, 0.2) is 0 Å². The van der Waals surface area contributed by atoms with Gasteiger partial charge >= 0.3 is 5.97 Å². The van der Waals surface area contributed by atoms with E-state index in [0.29, 0.717) is 0 Å². The van der Waals surface area contributed by atoms with Crippen molar-refractivity contribution in [3.63, 3.8) is 0 Å². The second-order valence-corrected chi connectivity index (χ2v) is 5.43. The van der Waals surface area contributed by atoms with Crippen molar-refractivity contribution in [2.45, 2.75) is 13.5 Å². The maximum absolute atomic E-state index is 11.6. The zero-order valence-corrected chi connectivity index (χ0v) is 12.4. The second kappa shape index (κ2) is 7.07. The number of anilines is 1. The molecular weight excluding hydrogens is 296 g/mol. The Morgan fingerprint density at radius 2 is 2.10 bits per heavy atom. The van der Waals surface area contributed by atoms with Gasteiger partial charge in [-0.1, -0.05) is 35.4 Å². The molecule has 0 spiro atoms. The molecule has 2 rings (SSSR count). The first-order chi connectivity index (χ1) is 9.65. The summed E-state index contributed by atoms with van der Waals surface area (Å²) < 4.78 is 5.02. The van der Waals surface area contributed by atoms with Gasteiger partial charge < -0.3 is 4.74 Å². The SMILES string of the molecule is Cc1ccc(N/N=C(\Cl)C(=O)OCc2cccs2)cc1. The molecule has 6 heteroatoms. The number of carbonyl (C=O) groups excluding carboxylic acids is 1. The van der Waals surface area contributed by atoms with Gasteiger partial charge in [0.05, 0.1) is 5.69 Å². The van der Waals surface area contributed by atoms with Crippen molar-refractivity contribution < 1.29 is 9.53 Å². The number of hydrogen-bond donors (Lipinski definition) is 1. The van der Waals surface area contributed by atoms with Crippen LogP contribution in [0.3, 0.4) is 0 Å². The molecule has 0 fully saturated rings. The Hall–Kier alpha value is -1.85. The number of carbonyl (C=O) groups is 1. The molecule has 1 aromatic carbocycles. The summed E-state index contributed by atoms with van der Waals surface area (Å²) in [5.74, 6) is -0.653. The molecule has 0 saturated heterocycles. The lowest BCUT2D eigenvalue weighted by Crippen LogP contribution is -2.13. The number of hydrazone groups is 1. The van der Waals surface area contributed by atoms with E-state index in [2.05, 4.69) is 10.5 Å². The van der Waals surface area contributed by atoms with Crippen LogP contribution in [0.15, 0.2) is 46.9 Å². The van der Waals surface area contributed by atoms with Gasteiger partial charge in [0.25, 0.3) is 0 Å². The molecule has 0 unspecified atom stereocenters. The van der Waals surface area contributed by atoms with Gasteiger partial charge in [-0.15, -0.1) is 11.3 Å². The summed E-state index contributed by atoms with van der Waals surface area (Å²) in [6.45, 7) is 2.19. The van der Waals surface area contributed by atoms with Crippen LogP contribution >= 0.6 is 22.9 Å². The van der Waals surface area contributed by atoms with E-state index in [9.17, 15) is 4.79 Å². The molecule has 0 aliphatic carbocycles. The van der Waals surface area contributed by atoms with Crippen molar-refractivity contribution in [3.05, 3.63) is 52.2 Å². The minimum absolute atomic E-state index is 0.201. The third kappa shape index (κ3) is 4.36. The van der Waals surface area contributed by atoms with E-state index in [1.807, 2.05) is 48.7 Å². The number of hydrogen-bond acceptors (Lipinski definition) is 5. The van der Waals surface area contributed by atoms with Crippen molar-refractivity contribution >= 4 is 39.8 Å². The predicted molar refractivity (Wildman–Crippen MR) is 82.2 cm³/mol. The Balaban J connectivity index is 1.86. The summed E-state index contributed by atoms with van der Waals surface area (Å²) in [6.07, 6.45) is 0. The average Bonchev–Trinajstić information content (AvgIpc) is 2.97. The Morgan fingerprint density at radius 3 is 2.75 bits per heavy atom. The third-order valence-corrected chi connectivity index (χ3v) is 3.52. The first kappa shape index (κ1) is 14.6. The maximum atomic E-state index is 11.6. The molecule has 4 nitrogen and oxygen atoms in total. The lowest BCUT2D eigenvalue weighted by Gasteiger charge is -2.03. The monoisotopic (exact) mass is 308 g/mol. The summed E-state index contributed by atoms with van der Waals surface area (Å²) in [7, 11) is 0. The lowest BCUT2D eigenvalue weighted by molar-refractivity contribution is -0.136. The minimum atomic E-state index is -0.653. The number of rotatable bonds is 5. The van der Waals surface area contributed by atoms with E-state index in [1.54, 1.807) is 0 Å². The highest BCUT2D eigenvalue weighted by Gasteiger charge is 2.10. The van der Waals surface area contributed by atoms with Crippen molar-refractivity contribution in [2.75, 3.05) is 5.43 Å². The fourth-order valence-corrected chi connectivity index (χ4v) is 2.09. The number of nitrogens with one attached hydrogen (secondary N) is 1. The Labute approximate surface area is 126 Å². The number of aryl methyl sites for hydroxylation is 1. The Bertz CT molecular complexity index is 594. The molecule has 0 amide bonds. The number of nitrogens with zero attached hydrogens (tertiary/aromatic N) is 1. The summed E-state index contributed by atoms with van der Waals surface area (Å²) in [5.41, 5.74) is 4.59. The van der Waals surface area contributed by atoms with Crippen LogP contribution in [0, 0.1) is 6.92 Å². The largest absolute Gasteiger partial charge is 0.455 e. The van der Waals surface area contributed by atoms with Gasteiger partial charge in [-0.2, -0.15) is 5.10 Å². The zero-order valence-electron chi connectivity index (χ0n) is 10.8. The van der Waals surface area contributed by atoms with Crippen molar-refractivity contribution in [1.82, 2.24) is 0 Å². The van der Waals surface area contributed by atoms with E-state index >= 15 is 0 Å². The van der Waals surface area contributed by atoms with Crippen molar-refractivity contribution in [3.8, 4) is 0 Å². The van der Waals surface area contributed by atoms with Gasteiger partial charge in [-0.3, -0.25) is 5.43 Å². The van der Waals surface area contributed by atoms with Gasteiger partial charge in [-0.25, -0.2) is 4.79 Å². The molecule has 0 atom stereocenters. The van der Waals surface area contributed by atoms with Crippen LogP contribution in [0.1, 0.15) is 10.4 Å². The average molecular weight is 309 g/mol. The van der Waals surface area contributed by atoms with E-state index in [4.69, 9.17) is 16.3 Å². The lowest BCUT2D eigenvalue weighted by atomic mass is 10.2. The molecule has 0 aliphatic heterocycles. The van der Waals surface area contributed by atoms with E-state index in [1.165, 1.54) is 11.3 Å². The van der Waals surface area contributed by atoms with E-state index in [-0.39, 0.29) is 11.8 Å². The molecule has 0 bridgehead atoms. The topological polar surface area (TPSA) is 50.7 Å². The Kier molecular flexibility index (Phi) is 5.15. The van der Waals surface area contributed by atoms with Gasteiger partial charge in [-0.05, 0) is 30.5 Å². The molecule has 1 heterocycles. The van der Waals surface area contributed by atoms with Crippen LogP contribution in [0.5, 0.6) is 0 Å². The highest BCUT2D eigenvalue weighted by molar-refractivity contribution is 7.09. The predicted octanol–water partition coefficient (Wildman–Crippen LogP) is 3.76. The van der Waals surface area contributed by atoms with Crippen LogP contribution in [-0.2, 0) is 16.1 Å². The van der Waals surface area contributed by atoms with Crippen LogP contribution < -0.4 is 5.43 Å². The summed E-state index contributed by atoms with van der Waals surface area (Å²) in [4.78, 5) is 12.5. The van der Waals surface area contributed by atoms with Crippen LogP contribution in [0.4, 0.5) is 5.69 Å². The second-order valence-electron chi connectivity index (χ2n) is 4.04. The molecule has 2 aromatic rings. The van der Waals surface area contributed by atoms with Crippen LogP contribution in [0.2, 0.25) is 0 Å².